The fraction of sp³-hybridized carbons (Fsp3) is 0.241. The molecule has 1 amide bonds. The maximum atomic E-state index is 13.4. The quantitative estimate of drug-likeness (QED) is 0.272. The van der Waals surface area contributed by atoms with Crippen LogP contribution in [0.25, 0.3) is 5.76 Å². The van der Waals surface area contributed by atoms with E-state index in [1.807, 2.05) is 39.8 Å². The van der Waals surface area contributed by atoms with Crippen LogP contribution in [0.15, 0.2) is 66.2 Å². The van der Waals surface area contributed by atoms with Gasteiger partial charge in [-0.15, -0.1) is 0 Å². The van der Waals surface area contributed by atoms with Crippen LogP contribution in [0.5, 0.6) is 11.5 Å². The number of benzene rings is 3. The van der Waals surface area contributed by atoms with Crippen LogP contribution in [0.3, 0.4) is 0 Å². The molecular formula is C29H29NO5. The molecule has 3 aromatic rings. The van der Waals surface area contributed by atoms with E-state index >= 15 is 0 Å². The van der Waals surface area contributed by atoms with Crippen molar-refractivity contribution in [2.75, 3.05) is 11.5 Å². The molecule has 6 heteroatoms. The van der Waals surface area contributed by atoms with E-state index in [0.29, 0.717) is 29.2 Å². The predicted octanol–water partition coefficient (Wildman–Crippen LogP) is 5.73. The summed E-state index contributed by atoms with van der Waals surface area (Å²) < 4.78 is 5.73. The first-order chi connectivity index (χ1) is 16.7. The van der Waals surface area contributed by atoms with Crippen LogP contribution in [-0.4, -0.2) is 28.5 Å². The normalized spacial score (nSPS) is 17.1. The smallest absolute Gasteiger partial charge is 0.300 e. The molecule has 0 aliphatic carbocycles. The highest BCUT2D eigenvalue weighted by Gasteiger charge is 2.47. The maximum absolute atomic E-state index is 13.4. The number of aromatic hydroxyl groups is 1. The third kappa shape index (κ3) is 4.39. The number of aryl methyl sites for hydroxylation is 2. The number of nitrogens with zero attached hydrogens (tertiary/aromatic N) is 1. The maximum Gasteiger partial charge on any atom is 0.300 e. The number of ketones is 1. The molecule has 0 saturated carbocycles. The molecule has 6 nitrogen and oxygen atoms in total. The molecule has 1 aliphatic rings. The Morgan fingerprint density at radius 2 is 1.69 bits per heavy atom. The average molecular weight is 472 g/mol. The summed E-state index contributed by atoms with van der Waals surface area (Å²) in [6.07, 6.45) is 0.871. The standard InChI is InChI=1S/C29H29NO5/c1-5-15-35-24-14-11-21(16-18(24)3)27(32)25-26(20-9-12-22(31)13-10-20)30(29(34)28(25)33)23-8-6-7-17(2)19(23)4/h6-14,16,26,31-32H,5,15H2,1-4H3/b27-25+. The second-order valence-electron chi connectivity index (χ2n) is 8.81. The number of phenols is 1. The lowest BCUT2D eigenvalue weighted by Crippen LogP contribution is -2.30. The van der Waals surface area contributed by atoms with Crippen LogP contribution < -0.4 is 9.64 Å². The lowest BCUT2D eigenvalue weighted by atomic mass is 9.94. The number of aliphatic hydroxyl groups is 1. The van der Waals surface area contributed by atoms with Crippen LogP contribution in [-0.2, 0) is 9.59 Å². The van der Waals surface area contributed by atoms with E-state index in [1.165, 1.54) is 17.0 Å². The number of ether oxygens (including phenoxy) is 1. The second kappa shape index (κ2) is 9.66. The summed E-state index contributed by atoms with van der Waals surface area (Å²) in [7, 11) is 0. The van der Waals surface area contributed by atoms with Crippen LogP contribution >= 0.6 is 0 Å². The molecule has 1 aliphatic heterocycles. The molecule has 0 spiro atoms. The van der Waals surface area contributed by atoms with Gasteiger partial charge in [-0.05, 0) is 85.8 Å². The fourth-order valence-corrected chi connectivity index (χ4v) is 4.38. The van der Waals surface area contributed by atoms with E-state index in [-0.39, 0.29) is 17.1 Å². The zero-order valence-electron chi connectivity index (χ0n) is 20.3. The van der Waals surface area contributed by atoms with Crippen molar-refractivity contribution in [2.24, 2.45) is 0 Å². The zero-order valence-corrected chi connectivity index (χ0v) is 20.3. The van der Waals surface area contributed by atoms with E-state index in [2.05, 4.69) is 0 Å². The molecule has 180 valence electrons. The van der Waals surface area contributed by atoms with Gasteiger partial charge < -0.3 is 14.9 Å². The number of phenolic OH excluding ortho intramolecular Hbond substituents is 1. The van der Waals surface area contributed by atoms with Crippen molar-refractivity contribution in [3.05, 3.63) is 94.1 Å². The molecule has 35 heavy (non-hydrogen) atoms. The first-order valence-electron chi connectivity index (χ1n) is 11.6. The molecule has 1 atom stereocenters. The summed E-state index contributed by atoms with van der Waals surface area (Å²) in [5, 5.41) is 21.2. The average Bonchev–Trinajstić information content (AvgIpc) is 3.10. The van der Waals surface area contributed by atoms with Crippen molar-refractivity contribution < 1.29 is 24.5 Å². The van der Waals surface area contributed by atoms with Crippen LogP contribution in [0.2, 0.25) is 0 Å². The highest BCUT2D eigenvalue weighted by Crippen LogP contribution is 2.44. The number of hydrogen-bond donors (Lipinski definition) is 2. The molecule has 1 heterocycles. The number of aliphatic hydroxyl groups excluding tert-OH is 1. The van der Waals surface area contributed by atoms with Crippen molar-refractivity contribution in [1.82, 2.24) is 0 Å². The highest BCUT2D eigenvalue weighted by atomic mass is 16.5. The van der Waals surface area contributed by atoms with Gasteiger partial charge in [-0.2, -0.15) is 0 Å². The van der Waals surface area contributed by atoms with Gasteiger partial charge in [0.2, 0.25) is 0 Å². The van der Waals surface area contributed by atoms with Gasteiger partial charge in [-0.3, -0.25) is 14.5 Å². The summed E-state index contributed by atoms with van der Waals surface area (Å²) in [4.78, 5) is 28.2. The Labute approximate surface area is 205 Å². The molecule has 1 saturated heterocycles. The number of amides is 1. The first kappa shape index (κ1) is 24.1. The van der Waals surface area contributed by atoms with E-state index in [1.54, 1.807) is 36.4 Å². The summed E-state index contributed by atoms with van der Waals surface area (Å²) in [5.41, 5.74) is 4.29. The molecule has 4 rings (SSSR count). The van der Waals surface area contributed by atoms with Crippen molar-refractivity contribution in [3.8, 4) is 11.5 Å². The zero-order chi connectivity index (χ0) is 25.3. The van der Waals surface area contributed by atoms with Crippen molar-refractivity contribution in [1.29, 1.82) is 0 Å². The Kier molecular flexibility index (Phi) is 6.65. The lowest BCUT2D eigenvalue weighted by Gasteiger charge is -2.27. The van der Waals surface area contributed by atoms with Crippen LogP contribution in [0, 0.1) is 20.8 Å². The van der Waals surface area contributed by atoms with Gasteiger partial charge in [0.1, 0.15) is 17.3 Å². The third-order valence-electron chi connectivity index (χ3n) is 6.40. The molecule has 1 unspecified atom stereocenters. The molecule has 3 aromatic carbocycles. The fourth-order valence-electron chi connectivity index (χ4n) is 4.38. The summed E-state index contributed by atoms with van der Waals surface area (Å²) >= 11 is 0. The predicted molar refractivity (Wildman–Crippen MR) is 136 cm³/mol. The Morgan fingerprint density at radius 1 is 0.971 bits per heavy atom. The number of Topliss-reactive ketones (excluding diaryl/α,β-unsaturated/α-hetero) is 1. The molecular weight excluding hydrogens is 442 g/mol. The molecule has 1 fully saturated rings. The Balaban J connectivity index is 1.90. The Hall–Kier alpha value is -4.06. The summed E-state index contributed by atoms with van der Waals surface area (Å²) in [6.45, 7) is 8.31. The van der Waals surface area contributed by atoms with Crippen LogP contribution in [0.4, 0.5) is 5.69 Å². The third-order valence-corrected chi connectivity index (χ3v) is 6.40. The van der Waals surface area contributed by atoms with Crippen molar-refractivity contribution in [2.45, 2.75) is 40.2 Å². The minimum Gasteiger partial charge on any atom is -0.508 e. The SMILES string of the molecule is CCCOc1ccc(/C(O)=C2\C(=O)C(=O)N(c3cccc(C)c3C)C2c2ccc(O)cc2)cc1C. The van der Waals surface area contributed by atoms with Gasteiger partial charge >= 0.3 is 0 Å². The molecule has 0 radical (unpaired) electrons. The van der Waals surface area contributed by atoms with Crippen LogP contribution in [0.1, 0.15) is 47.2 Å². The summed E-state index contributed by atoms with van der Waals surface area (Å²) in [6, 6.07) is 16.2. The van der Waals surface area contributed by atoms with E-state index in [9.17, 15) is 19.8 Å². The van der Waals surface area contributed by atoms with Crippen molar-refractivity contribution >= 4 is 23.1 Å². The Morgan fingerprint density at radius 3 is 2.34 bits per heavy atom. The van der Waals surface area contributed by atoms with Gasteiger partial charge in [0, 0.05) is 11.3 Å². The van der Waals surface area contributed by atoms with E-state index < -0.39 is 17.7 Å². The number of carbonyl (C=O) groups excluding carboxylic acids is 2. The minimum atomic E-state index is -0.854. The second-order valence-corrected chi connectivity index (χ2v) is 8.81. The summed E-state index contributed by atoms with van der Waals surface area (Å²) in [5.74, 6) is -0.951. The van der Waals surface area contributed by atoms with Gasteiger partial charge in [-0.1, -0.05) is 31.2 Å². The lowest BCUT2D eigenvalue weighted by molar-refractivity contribution is -0.132. The number of rotatable bonds is 6. The van der Waals surface area contributed by atoms with Gasteiger partial charge in [-0.25, -0.2) is 0 Å². The number of anilines is 1. The van der Waals surface area contributed by atoms with Gasteiger partial charge in [0.25, 0.3) is 11.7 Å². The van der Waals surface area contributed by atoms with Crippen molar-refractivity contribution in [3.63, 3.8) is 0 Å². The molecule has 2 N–H and O–H groups in total. The van der Waals surface area contributed by atoms with E-state index in [4.69, 9.17) is 4.74 Å². The largest absolute Gasteiger partial charge is 0.508 e. The Bertz CT molecular complexity index is 1320. The monoisotopic (exact) mass is 471 g/mol. The minimum absolute atomic E-state index is 0.00298. The topological polar surface area (TPSA) is 87.1 Å². The van der Waals surface area contributed by atoms with Gasteiger partial charge in [0.15, 0.2) is 0 Å². The van der Waals surface area contributed by atoms with Gasteiger partial charge in [0.05, 0.1) is 18.2 Å². The molecule has 0 bridgehead atoms. The van der Waals surface area contributed by atoms with E-state index in [0.717, 1.165) is 23.1 Å². The first-order valence-corrected chi connectivity index (χ1v) is 11.6. The highest BCUT2D eigenvalue weighted by molar-refractivity contribution is 6.51. The number of hydrogen-bond acceptors (Lipinski definition) is 5. The molecule has 0 aromatic heterocycles. The number of carbonyl (C=O) groups is 2.